The van der Waals surface area contributed by atoms with Crippen molar-refractivity contribution in [2.45, 2.75) is 65.3 Å². The van der Waals surface area contributed by atoms with Crippen LogP contribution in [0.15, 0.2) is 6.33 Å². The molecule has 0 saturated carbocycles. The van der Waals surface area contributed by atoms with Gasteiger partial charge in [0.1, 0.15) is 18.0 Å². The van der Waals surface area contributed by atoms with Gasteiger partial charge in [-0.3, -0.25) is 0 Å². The van der Waals surface area contributed by atoms with Crippen LogP contribution in [0.2, 0.25) is 0 Å². The van der Waals surface area contributed by atoms with E-state index in [9.17, 15) is 0 Å². The molecule has 0 aromatic carbocycles. The lowest BCUT2D eigenvalue weighted by molar-refractivity contribution is 0.637. The lowest BCUT2D eigenvalue weighted by Crippen LogP contribution is -2.30. The van der Waals surface area contributed by atoms with E-state index in [0.717, 1.165) is 38.2 Å². The van der Waals surface area contributed by atoms with E-state index in [1.807, 2.05) is 0 Å². The van der Waals surface area contributed by atoms with Crippen LogP contribution in [-0.4, -0.2) is 29.1 Å². The van der Waals surface area contributed by atoms with E-state index in [2.05, 4.69) is 41.0 Å². The Morgan fingerprint density at radius 2 is 2.10 bits per heavy atom. The van der Waals surface area contributed by atoms with Crippen LogP contribution in [0.25, 0.3) is 0 Å². The Kier molecular flexibility index (Phi) is 5.62. The maximum atomic E-state index is 4.62. The number of nitrogens with one attached hydrogen (secondary N) is 1. The van der Waals surface area contributed by atoms with Crippen molar-refractivity contribution in [3.8, 4) is 0 Å². The first-order valence-corrected chi connectivity index (χ1v) is 8.16. The normalized spacial score (nSPS) is 18.6. The smallest absolute Gasteiger partial charge is 0.137 e. The van der Waals surface area contributed by atoms with E-state index in [1.54, 1.807) is 6.33 Å². The van der Waals surface area contributed by atoms with Crippen molar-refractivity contribution in [2.24, 2.45) is 0 Å². The molecular weight excluding hydrogens is 248 g/mol. The lowest BCUT2D eigenvalue weighted by atomic mass is 10.1. The number of hydrogen-bond donors (Lipinski definition) is 1. The average Bonchev–Trinajstić information content (AvgIpc) is 2.94. The third kappa shape index (κ3) is 3.22. The highest BCUT2D eigenvalue weighted by Gasteiger charge is 2.27. The van der Waals surface area contributed by atoms with Crippen molar-refractivity contribution >= 4 is 11.6 Å². The highest BCUT2D eigenvalue weighted by Crippen LogP contribution is 2.31. The quantitative estimate of drug-likeness (QED) is 0.825. The summed E-state index contributed by atoms with van der Waals surface area (Å²) in [5.41, 5.74) is 1.31. The fourth-order valence-electron chi connectivity index (χ4n) is 3.07. The van der Waals surface area contributed by atoms with Crippen LogP contribution in [0.4, 0.5) is 11.6 Å². The van der Waals surface area contributed by atoms with Gasteiger partial charge in [-0.05, 0) is 32.1 Å². The van der Waals surface area contributed by atoms with E-state index in [-0.39, 0.29) is 0 Å². The molecule has 1 unspecified atom stereocenters. The molecule has 0 spiro atoms. The molecule has 20 heavy (non-hydrogen) atoms. The summed E-state index contributed by atoms with van der Waals surface area (Å²) in [6.45, 7) is 8.80. The molecule has 4 nitrogen and oxygen atoms in total. The second kappa shape index (κ2) is 7.46. The van der Waals surface area contributed by atoms with Gasteiger partial charge in [0, 0.05) is 24.7 Å². The molecule has 1 aliphatic heterocycles. The first kappa shape index (κ1) is 15.1. The minimum Gasteiger partial charge on any atom is -0.370 e. The Labute approximate surface area is 123 Å². The first-order chi connectivity index (χ1) is 9.81. The standard InChI is InChI=1S/C16H28N4/c1-4-8-14-15(17-10-5-2)18-12-19-16(14)20-11-7-9-13(20)6-3/h12-13H,4-11H2,1-3H3,(H,17,18,19). The molecule has 1 aromatic heterocycles. The number of anilines is 2. The molecule has 1 fully saturated rings. The third-order valence-electron chi connectivity index (χ3n) is 4.09. The Balaban J connectivity index is 2.30. The van der Waals surface area contributed by atoms with Crippen LogP contribution in [0.5, 0.6) is 0 Å². The van der Waals surface area contributed by atoms with E-state index in [4.69, 9.17) is 0 Å². The molecule has 0 amide bonds. The second-order valence-electron chi connectivity index (χ2n) is 5.60. The Morgan fingerprint density at radius 3 is 2.80 bits per heavy atom. The molecule has 112 valence electrons. The van der Waals surface area contributed by atoms with E-state index in [1.165, 1.54) is 30.6 Å². The zero-order valence-corrected chi connectivity index (χ0v) is 13.2. The molecule has 4 heteroatoms. The fraction of sp³-hybridized carbons (Fsp3) is 0.750. The summed E-state index contributed by atoms with van der Waals surface area (Å²) < 4.78 is 0. The molecule has 1 N–H and O–H groups in total. The molecule has 1 saturated heterocycles. The molecular formula is C16H28N4. The Hall–Kier alpha value is -1.32. The largest absolute Gasteiger partial charge is 0.370 e. The zero-order chi connectivity index (χ0) is 14.4. The van der Waals surface area contributed by atoms with Gasteiger partial charge in [0.05, 0.1) is 0 Å². The van der Waals surface area contributed by atoms with Crippen molar-refractivity contribution in [3.63, 3.8) is 0 Å². The summed E-state index contributed by atoms with van der Waals surface area (Å²) in [4.78, 5) is 11.6. The van der Waals surface area contributed by atoms with Crippen molar-refractivity contribution < 1.29 is 0 Å². The SMILES string of the molecule is CCCNc1ncnc(N2CCCC2CC)c1CCC. The first-order valence-electron chi connectivity index (χ1n) is 8.16. The predicted octanol–water partition coefficient (Wildman–Crippen LogP) is 3.63. The van der Waals surface area contributed by atoms with Crippen LogP contribution in [0.3, 0.4) is 0 Å². The summed E-state index contributed by atoms with van der Waals surface area (Å²) in [6, 6.07) is 0.652. The number of nitrogens with zero attached hydrogens (tertiary/aromatic N) is 3. The monoisotopic (exact) mass is 276 g/mol. The molecule has 2 rings (SSSR count). The van der Waals surface area contributed by atoms with Gasteiger partial charge in [0.15, 0.2) is 0 Å². The summed E-state index contributed by atoms with van der Waals surface area (Å²) in [6.07, 6.45) is 8.80. The van der Waals surface area contributed by atoms with Gasteiger partial charge in [-0.1, -0.05) is 27.2 Å². The van der Waals surface area contributed by atoms with Crippen molar-refractivity contribution in [2.75, 3.05) is 23.3 Å². The predicted molar refractivity (Wildman–Crippen MR) is 85.5 cm³/mol. The summed E-state index contributed by atoms with van der Waals surface area (Å²) in [5, 5.41) is 3.47. The second-order valence-corrected chi connectivity index (χ2v) is 5.60. The molecule has 1 aliphatic rings. The molecule has 1 aromatic rings. The van der Waals surface area contributed by atoms with Crippen molar-refractivity contribution in [1.29, 1.82) is 0 Å². The number of rotatable bonds is 7. The molecule has 0 bridgehead atoms. The highest BCUT2D eigenvalue weighted by molar-refractivity contribution is 5.59. The number of hydrogen-bond acceptors (Lipinski definition) is 4. The summed E-state index contributed by atoms with van der Waals surface area (Å²) >= 11 is 0. The van der Waals surface area contributed by atoms with Crippen molar-refractivity contribution in [1.82, 2.24) is 9.97 Å². The van der Waals surface area contributed by atoms with Crippen LogP contribution >= 0.6 is 0 Å². The average molecular weight is 276 g/mol. The van der Waals surface area contributed by atoms with Crippen LogP contribution in [-0.2, 0) is 6.42 Å². The van der Waals surface area contributed by atoms with Crippen LogP contribution in [0.1, 0.15) is 58.4 Å². The molecule has 2 heterocycles. The van der Waals surface area contributed by atoms with Gasteiger partial charge in [-0.15, -0.1) is 0 Å². The van der Waals surface area contributed by atoms with Gasteiger partial charge >= 0.3 is 0 Å². The minimum atomic E-state index is 0.652. The highest BCUT2D eigenvalue weighted by atomic mass is 15.2. The van der Waals surface area contributed by atoms with Gasteiger partial charge in [-0.25, -0.2) is 9.97 Å². The molecule has 0 aliphatic carbocycles. The topological polar surface area (TPSA) is 41.1 Å². The van der Waals surface area contributed by atoms with E-state index in [0.29, 0.717) is 6.04 Å². The van der Waals surface area contributed by atoms with Crippen LogP contribution in [0, 0.1) is 0 Å². The van der Waals surface area contributed by atoms with E-state index < -0.39 is 0 Å². The summed E-state index contributed by atoms with van der Waals surface area (Å²) in [7, 11) is 0. The van der Waals surface area contributed by atoms with Gasteiger partial charge < -0.3 is 10.2 Å². The lowest BCUT2D eigenvalue weighted by Gasteiger charge is -2.27. The fourth-order valence-corrected chi connectivity index (χ4v) is 3.07. The van der Waals surface area contributed by atoms with Gasteiger partial charge in [0.25, 0.3) is 0 Å². The summed E-state index contributed by atoms with van der Waals surface area (Å²) in [5.74, 6) is 2.21. The maximum absolute atomic E-state index is 4.62. The van der Waals surface area contributed by atoms with Crippen molar-refractivity contribution in [3.05, 3.63) is 11.9 Å². The Bertz CT molecular complexity index is 419. The molecule has 0 radical (unpaired) electrons. The maximum Gasteiger partial charge on any atom is 0.137 e. The number of aromatic nitrogens is 2. The third-order valence-corrected chi connectivity index (χ3v) is 4.09. The minimum absolute atomic E-state index is 0.652. The zero-order valence-electron chi connectivity index (χ0n) is 13.2. The molecule has 1 atom stereocenters. The Morgan fingerprint density at radius 1 is 1.25 bits per heavy atom. The van der Waals surface area contributed by atoms with E-state index >= 15 is 0 Å². The van der Waals surface area contributed by atoms with Gasteiger partial charge in [0.2, 0.25) is 0 Å². The van der Waals surface area contributed by atoms with Crippen LogP contribution < -0.4 is 10.2 Å². The van der Waals surface area contributed by atoms with Gasteiger partial charge in [-0.2, -0.15) is 0 Å².